The zero-order valence-electron chi connectivity index (χ0n) is 7.20. The normalized spacial score (nSPS) is 11.2. The van der Waals surface area contributed by atoms with Gasteiger partial charge < -0.3 is 14.4 Å². The van der Waals surface area contributed by atoms with Crippen LogP contribution in [0.1, 0.15) is 0 Å². The molecule has 12 heavy (non-hydrogen) atoms. The Kier molecular flexibility index (Phi) is 5.61. The molecule has 0 aliphatic heterocycles. The van der Waals surface area contributed by atoms with Crippen molar-refractivity contribution >= 4 is 24.4 Å². The molecule has 1 N–H and O–H groups in total. The van der Waals surface area contributed by atoms with Crippen LogP contribution in [0.2, 0.25) is 0 Å². The van der Waals surface area contributed by atoms with E-state index in [1.165, 1.54) is 21.3 Å². The van der Waals surface area contributed by atoms with Crippen molar-refractivity contribution in [1.29, 1.82) is 0 Å². The predicted molar refractivity (Wildman–Crippen MR) is 48.3 cm³/mol. The number of hydrogen-bond acceptors (Lipinski definition) is 5. The SMILES string of the molecule is CNC(=O)COP(=S)(OC)OC. The molecule has 72 valence electrons. The minimum Gasteiger partial charge on any atom is -0.357 e. The summed E-state index contributed by atoms with van der Waals surface area (Å²) in [5.74, 6) is -0.265. The molecule has 0 aromatic heterocycles. The van der Waals surface area contributed by atoms with Gasteiger partial charge in [0.1, 0.15) is 6.61 Å². The molecular weight excluding hydrogens is 201 g/mol. The van der Waals surface area contributed by atoms with Gasteiger partial charge >= 0.3 is 6.72 Å². The molecule has 0 heterocycles. The largest absolute Gasteiger partial charge is 0.357 e. The maximum atomic E-state index is 10.7. The maximum Gasteiger partial charge on any atom is 0.327 e. The molecule has 0 fully saturated rings. The Morgan fingerprint density at radius 2 is 2.00 bits per heavy atom. The summed E-state index contributed by atoms with van der Waals surface area (Å²) in [7, 11) is 4.27. The van der Waals surface area contributed by atoms with Crippen LogP contribution in [0, 0.1) is 0 Å². The molecule has 0 unspecified atom stereocenters. The topological polar surface area (TPSA) is 56.8 Å². The Morgan fingerprint density at radius 1 is 1.50 bits per heavy atom. The van der Waals surface area contributed by atoms with E-state index in [4.69, 9.17) is 25.4 Å². The number of carbonyl (C=O) groups is 1. The third-order valence-corrected chi connectivity index (χ3v) is 3.63. The van der Waals surface area contributed by atoms with E-state index in [2.05, 4.69) is 5.32 Å². The van der Waals surface area contributed by atoms with Gasteiger partial charge in [0.05, 0.1) is 0 Å². The fraction of sp³-hybridized carbons (Fsp3) is 0.800. The van der Waals surface area contributed by atoms with Crippen LogP contribution in [0.5, 0.6) is 0 Å². The number of amides is 1. The summed E-state index contributed by atoms with van der Waals surface area (Å²) in [6, 6.07) is 0. The summed E-state index contributed by atoms with van der Waals surface area (Å²) >= 11 is 4.84. The van der Waals surface area contributed by atoms with Crippen molar-refractivity contribution < 1.29 is 18.4 Å². The average molecular weight is 213 g/mol. The first-order chi connectivity index (χ1) is 5.58. The monoisotopic (exact) mass is 213 g/mol. The second-order valence-corrected chi connectivity index (χ2v) is 4.98. The van der Waals surface area contributed by atoms with Crippen LogP contribution < -0.4 is 5.32 Å². The maximum absolute atomic E-state index is 10.7. The molecule has 0 aliphatic rings. The van der Waals surface area contributed by atoms with Gasteiger partial charge in [0.15, 0.2) is 0 Å². The number of rotatable bonds is 5. The first-order valence-electron chi connectivity index (χ1n) is 3.14. The molecule has 0 saturated carbocycles. The van der Waals surface area contributed by atoms with E-state index in [0.717, 1.165) is 0 Å². The average Bonchev–Trinajstić information content (AvgIpc) is 2.13. The van der Waals surface area contributed by atoms with Gasteiger partial charge in [-0.2, -0.15) is 0 Å². The van der Waals surface area contributed by atoms with Crippen LogP contribution in [0.3, 0.4) is 0 Å². The van der Waals surface area contributed by atoms with Crippen LogP contribution in [-0.4, -0.2) is 33.8 Å². The van der Waals surface area contributed by atoms with Crippen LogP contribution in [0.25, 0.3) is 0 Å². The molecule has 0 atom stereocenters. The van der Waals surface area contributed by atoms with Crippen LogP contribution in [0.15, 0.2) is 0 Å². The fourth-order valence-corrected chi connectivity index (χ4v) is 1.18. The summed E-state index contributed by atoms with van der Waals surface area (Å²) in [6.07, 6.45) is 0. The number of carbonyl (C=O) groups excluding carboxylic acids is 1. The fourth-order valence-electron chi connectivity index (χ4n) is 0.390. The Bertz CT molecular complexity index is 190. The van der Waals surface area contributed by atoms with E-state index >= 15 is 0 Å². The lowest BCUT2D eigenvalue weighted by Gasteiger charge is -2.16. The van der Waals surface area contributed by atoms with Crippen LogP contribution >= 0.6 is 6.72 Å². The second-order valence-electron chi connectivity index (χ2n) is 1.76. The van der Waals surface area contributed by atoms with Crippen molar-refractivity contribution in [2.24, 2.45) is 0 Å². The first kappa shape index (κ1) is 12.0. The highest BCUT2D eigenvalue weighted by Gasteiger charge is 2.17. The van der Waals surface area contributed by atoms with Gasteiger partial charge in [-0.15, -0.1) is 0 Å². The predicted octanol–water partition coefficient (Wildman–Crippen LogP) is 0.266. The summed E-state index contributed by atoms with van der Waals surface area (Å²) in [5.41, 5.74) is 0. The first-order valence-corrected chi connectivity index (χ1v) is 5.70. The third-order valence-electron chi connectivity index (χ3n) is 1.08. The Hall–Kier alpha value is -0.0000000000000000694. The van der Waals surface area contributed by atoms with Crippen molar-refractivity contribution in [3.63, 3.8) is 0 Å². The Morgan fingerprint density at radius 3 is 2.33 bits per heavy atom. The van der Waals surface area contributed by atoms with Crippen molar-refractivity contribution in [2.75, 3.05) is 27.9 Å². The summed E-state index contributed by atoms with van der Waals surface area (Å²) in [4.78, 5) is 10.7. The third kappa shape index (κ3) is 4.13. The Labute approximate surface area is 76.6 Å². The Balaban J connectivity index is 3.89. The molecule has 0 bridgehead atoms. The van der Waals surface area contributed by atoms with E-state index in [9.17, 15) is 4.79 Å². The number of nitrogens with one attached hydrogen (secondary N) is 1. The lowest BCUT2D eigenvalue weighted by atomic mass is 10.7. The van der Waals surface area contributed by atoms with E-state index in [-0.39, 0.29) is 12.5 Å². The summed E-state index contributed by atoms with van der Waals surface area (Å²) < 4.78 is 14.5. The molecule has 0 aliphatic carbocycles. The molecule has 0 radical (unpaired) electrons. The zero-order valence-corrected chi connectivity index (χ0v) is 8.91. The molecule has 1 amide bonds. The lowest BCUT2D eigenvalue weighted by molar-refractivity contribution is -0.122. The van der Waals surface area contributed by atoms with E-state index in [1.54, 1.807) is 0 Å². The number of hydrogen-bond donors (Lipinski definition) is 1. The van der Waals surface area contributed by atoms with Crippen LogP contribution in [-0.2, 0) is 30.2 Å². The minimum atomic E-state index is -2.68. The summed E-state index contributed by atoms with van der Waals surface area (Å²) in [6.45, 7) is -2.82. The standard InChI is InChI=1S/C5H12NO4PS/c1-6-5(7)4-10-11(12,8-2)9-3/h4H2,1-3H3,(H,6,7). The second kappa shape index (κ2) is 5.61. The molecule has 7 heteroatoms. The van der Waals surface area contributed by atoms with Gasteiger partial charge in [-0.1, -0.05) is 0 Å². The highest BCUT2D eigenvalue weighted by molar-refractivity contribution is 8.07. The minimum absolute atomic E-state index is 0.143. The number of likely N-dealkylation sites (N-methyl/N-ethyl adjacent to an activating group) is 1. The van der Waals surface area contributed by atoms with Gasteiger partial charge in [-0.3, -0.25) is 9.32 Å². The lowest BCUT2D eigenvalue weighted by Crippen LogP contribution is -2.22. The molecule has 5 nitrogen and oxygen atoms in total. The van der Waals surface area contributed by atoms with E-state index in [0.29, 0.717) is 0 Å². The van der Waals surface area contributed by atoms with Crippen molar-refractivity contribution in [3.05, 3.63) is 0 Å². The molecule has 0 aromatic rings. The highest BCUT2D eigenvalue weighted by Crippen LogP contribution is 2.47. The smallest absolute Gasteiger partial charge is 0.327 e. The molecule has 0 aromatic carbocycles. The van der Waals surface area contributed by atoms with Crippen molar-refractivity contribution in [1.82, 2.24) is 5.32 Å². The van der Waals surface area contributed by atoms with E-state index < -0.39 is 6.72 Å². The quantitative estimate of drug-likeness (QED) is 0.664. The van der Waals surface area contributed by atoms with Crippen molar-refractivity contribution in [3.8, 4) is 0 Å². The molecule has 0 saturated heterocycles. The van der Waals surface area contributed by atoms with Gasteiger partial charge in [0.2, 0.25) is 5.91 Å². The van der Waals surface area contributed by atoms with Crippen molar-refractivity contribution in [2.45, 2.75) is 0 Å². The zero-order chi connectivity index (χ0) is 9.61. The van der Waals surface area contributed by atoms with Gasteiger partial charge in [0.25, 0.3) is 0 Å². The molecule has 0 rings (SSSR count). The summed E-state index contributed by atoms with van der Waals surface area (Å²) in [5, 5.41) is 2.38. The van der Waals surface area contributed by atoms with E-state index in [1.807, 2.05) is 0 Å². The van der Waals surface area contributed by atoms with Gasteiger partial charge in [-0.05, 0) is 11.8 Å². The highest BCUT2D eigenvalue weighted by atomic mass is 32.5. The van der Waals surface area contributed by atoms with Gasteiger partial charge in [0, 0.05) is 21.3 Å². The molecular formula is C5H12NO4PS. The molecule has 0 spiro atoms. The van der Waals surface area contributed by atoms with Gasteiger partial charge in [-0.25, -0.2) is 0 Å². The van der Waals surface area contributed by atoms with Crippen LogP contribution in [0.4, 0.5) is 0 Å².